The predicted octanol–water partition coefficient (Wildman–Crippen LogP) is 1.13. The van der Waals surface area contributed by atoms with E-state index in [0.29, 0.717) is 13.0 Å². The first-order chi connectivity index (χ1) is 11.1. The molecule has 0 radical (unpaired) electrons. The maximum atomic E-state index is 12.2. The highest BCUT2D eigenvalue weighted by atomic mass is 32.2. The number of amides is 1. The second-order valence-electron chi connectivity index (χ2n) is 6.64. The number of carbonyl (C=O) groups excluding carboxylic acids is 1. The lowest BCUT2D eigenvalue weighted by atomic mass is 10.0. The van der Waals surface area contributed by atoms with E-state index in [2.05, 4.69) is 0 Å². The number of aliphatic hydroxyl groups excluding tert-OH is 3. The van der Waals surface area contributed by atoms with Crippen LogP contribution in [0.5, 0.6) is 0 Å². The summed E-state index contributed by atoms with van der Waals surface area (Å²) >= 11 is 0.952. The van der Waals surface area contributed by atoms with Gasteiger partial charge in [-0.1, -0.05) is 18.7 Å². The first kappa shape index (κ1) is 21.2. The van der Waals surface area contributed by atoms with Gasteiger partial charge in [0.05, 0.1) is 12.7 Å². The molecule has 0 spiro atoms. The van der Waals surface area contributed by atoms with Crippen molar-refractivity contribution in [2.24, 2.45) is 0 Å². The summed E-state index contributed by atoms with van der Waals surface area (Å²) in [7, 11) is 0. The minimum Gasteiger partial charge on any atom is -0.443 e. The monoisotopic (exact) mass is 364 g/mol. The quantitative estimate of drug-likeness (QED) is 0.435. The lowest BCUT2D eigenvalue weighted by Crippen LogP contribution is -2.50. The van der Waals surface area contributed by atoms with Gasteiger partial charge in [-0.2, -0.15) is 0 Å². The van der Waals surface area contributed by atoms with Gasteiger partial charge in [-0.25, -0.2) is 4.79 Å². The Bertz CT molecular complexity index is 442. The number of hydrogen-bond acceptors (Lipinski definition) is 8. The van der Waals surface area contributed by atoms with Crippen LogP contribution in [-0.2, 0) is 9.47 Å². The van der Waals surface area contributed by atoms with E-state index in [0.717, 1.165) is 11.8 Å². The van der Waals surface area contributed by atoms with Crippen LogP contribution in [0.3, 0.4) is 0 Å². The van der Waals surface area contributed by atoms with Crippen molar-refractivity contribution in [3.63, 3.8) is 0 Å². The van der Waals surface area contributed by atoms with Crippen molar-refractivity contribution < 1.29 is 29.6 Å². The van der Waals surface area contributed by atoms with Crippen molar-refractivity contribution in [2.45, 2.75) is 69.9 Å². The van der Waals surface area contributed by atoms with Crippen LogP contribution in [0.2, 0.25) is 0 Å². The Hall–Kier alpha value is -0.870. The number of thioether (sulfide) groups is 1. The first-order valence-electron chi connectivity index (χ1n) is 7.97. The second-order valence-corrected chi connectivity index (χ2v) is 7.78. The minimum atomic E-state index is -1.17. The van der Waals surface area contributed by atoms with Crippen LogP contribution < -0.4 is 0 Å². The van der Waals surface area contributed by atoms with Crippen molar-refractivity contribution in [2.75, 3.05) is 13.2 Å². The van der Waals surface area contributed by atoms with Crippen LogP contribution in [-0.4, -0.2) is 74.0 Å². The fourth-order valence-electron chi connectivity index (χ4n) is 2.15. The van der Waals surface area contributed by atoms with Crippen molar-refractivity contribution in [3.05, 3.63) is 0 Å². The maximum Gasteiger partial charge on any atom is 0.416 e. The fourth-order valence-corrected chi connectivity index (χ4v) is 3.18. The zero-order chi connectivity index (χ0) is 18.5. The number of rotatable bonds is 4. The summed E-state index contributed by atoms with van der Waals surface area (Å²) < 4.78 is 10.8. The van der Waals surface area contributed by atoms with Gasteiger partial charge in [0.2, 0.25) is 0 Å². The van der Waals surface area contributed by atoms with Gasteiger partial charge in [-0.3, -0.25) is 10.3 Å². The molecule has 4 N–H and O–H groups in total. The Morgan fingerprint density at radius 2 is 2.04 bits per heavy atom. The lowest BCUT2D eigenvalue weighted by Gasteiger charge is -2.36. The minimum absolute atomic E-state index is 0.0589. The average Bonchev–Trinajstić information content (AvgIpc) is 2.46. The topological polar surface area (TPSA) is 123 Å². The molecule has 0 aromatic carbocycles. The highest BCUT2D eigenvalue weighted by Gasteiger charge is 2.38. The number of hydrogen-bond donors (Lipinski definition) is 4. The second kappa shape index (κ2) is 9.00. The Morgan fingerprint density at radius 3 is 2.54 bits per heavy atom. The zero-order valence-corrected chi connectivity index (χ0v) is 15.4. The van der Waals surface area contributed by atoms with E-state index in [1.54, 1.807) is 20.8 Å². The van der Waals surface area contributed by atoms with Gasteiger partial charge in [-0.05, 0) is 27.2 Å². The van der Waals surface area contributed by atoms with Gasteiger partial charge in [0.25, 0.3) is 0 Å². The molecule has 1 amide bonds. The summed E-state index contributed by atoms with van der Waals surface area (Å²) in [4.78, 5) is 13.5. The average molecular weight is 364 g/mol. The van der Waals surface area contributed by atoms with Gasteiger partial charge in [0.1, 0.15) is 23.2 Å². The molecule has 0 aliphatic carbocycles. The van der Waals surface area contributed by atoms with Crippen molar-refractivity contribution in [3.8, 4) is 0 Å². The number of nitrogens with zero attached hydrogens (tertiary/aromatic N) is 1. The van der Waals surface area contributed by atoms with E-state index in [1.165, 1.54) is 4.90 Å². The molecule has 24 heavy (non-hydrogen) atoms. The third-order valence-corrected chi connectivity index (χ3v) is 4.28. The van der Waals surface area contributed by atoms with Crippen LogP contribution >= 0.6 is 11.8 Å². The van der Waals surface area contributed by atoms with E-state index < -0.39 is 42.0 Å². The van der Waals surface area contributed by atoms with Gasteiger partial charge in [0, 0.05) is 13.0 Å². The Morgan fingerprint density at radius 1 is 1.42 bits per heavy atom. The number of aliphatic hydroxyl groups is 3. The Labute approximate surface area is 146 Å². The van der Waals surface area contributed by atoms with Gasteiger partial charge in [-0.15, -0.1) is 0 Å². The SMILES string of the molecule is CCCN(C(=N)S[C@@H]1C[C@@H](O)[C@H](O)[C@@H](CO)O1)C(=O)OC(C)(C)C. The lowest BCUT2D eigenvalue weighted by molar-refractivity contribution is -0.156. The van der Waals surface area contributed by atoms with Crippen LogP contribution in [0.15, 0.2) is 0 Å². The highest BCUT2D eigenvalue weighted by molar-refractivity contribution is 8.14. The van der Waals surface area contributed by atoms with Gasteiger partial charge >= 0.3 is 6.09 Å². The van der Waals surface area contributed by atoms with E-state index in [9.17, 15) is 20.1 Å². The molecule has 0 aromatic heterocycles. The molecule has 8 nitrogen and oxygen atoms in total. The zero-order valence-electron chi connectivity index (χ0n) is 14.6. The first-order valence-corrected chi connectivity index (χ1v) is 8.85. The van der Waals surface area contributed by atoms with Crippen LogP contribution in [0.4, 0.5) is 4.79 Å². The molecule has 0 saturated carbocycles. The van der Waals surface area contributed by atoms with E-state index in [4.69, 9.17) is 14.9 Å². The third kappa shape index (κ3) is 6.21. The molecule has 1 saturated heterocycles. The Balaban J connectivity index is 2.73. The Kier molecular flexibility index (Phi) is 7.94. The van der Waals surface area contributed by atoms with Crippen molar-refractivity contribution in [1.29, 1.82) is 5.41 Å². The molecule has 1 fully saturated rings. The van der Waals surface area contributed by atoms with Crippen molar-refractivity contribution in [1.82, 2.24) is 4.90 Å². The molecule has 9 heteroatoms. The van der Waals surface area contributed by atoms with Gasteiger partial charge < -0.3 is 24.8 Å². The summed E-state index contributed by atoms with van der Waals surface area (Å²) in [5.41, 5.74) is -1.31. The molecule has 0 aromatic rings. The van der Waals surface area contributed by atoms with Crippen LogP contribution in [0, 0.1) is 5.41 Å². The molecule has 1 heterocycles. The summed E-state index contributed by atoms with van der Waals surface area (Å²) in [6, 6.07) is 0. The summed E-state index contributed by atoms with van der Waals surface area (Å²) in [5, 5.41) is 36.9. The normalized spacial score (nSPS) is 27.6. The molecule has 1 aliphatic heterocycles. The molecular formula is C15H28N2O6S. The summed E-state index contributed by atoms with van der Waals surface area (Å²) in [6.45, 7) is 7.02. The molecular weight excluding hydrogens is 336 g/mol. The van der Waals surface area contributed by atoms with Gasteiger partial charge in [0.15, 0.2) is 5.17 Å². The number of ether oxygens (including phenoxy) is 2. The molecule has 0 unspecified atom stereocenters. The number of nitrogens with one attached hydrogen (secondary N) is 1. The molecule has 0 bridgehead atoms. The van der Waals surface area contributed by atoms with Crippen molar-refractivity contribution >= 4 is 23.0 Å². The standard InChI is InChI=1S/C15H28N2O6S/c1-5-6-17(14(21)23-15(2,3)4)13(16)24-11-7-9(19)12(20)10(8-18)22-11/h9-12,16,18-20H,5-8H2,1-4H3/t9-,10-,11-,12+/m1/s1. The molecule has 1 rings (SSSR count). The molecule has 4 atom stereocenters. The fraction of sp³-hybridized carbons (Fsp3) is 0.867. The van der Waals surface area contributed by atoms with Crippen LogP contribution in [0.1, 0.15) is 40.5 Å². The van der Waals surface area contributed by atoms with E-state index in [-0.39, 0.29) is 11.6 Å². The van der Waals surface area contributed by atoms with E-state index in [1.807, 2.05) is 6.92 Å². The highest BCUT2D eigenvalue weighted by Crippen LogP contribution is 2.29. The van der Waals surface area contributed by atoms with Crippen LogP contribution in [0.25, 0.3) is 0 Å². The predicted molar refractivity (Wildman–Crippen MR) is 90.9 cm³/mol. The largest absolute Gasteiger partial charge is 0.443 e. The molecule has 140 valence electrons. The third-order valence-electron chi connectivity index (χ3n) is 3.26. The van der Waals surface area contributed by atoms with E-state index >= 15 is 0 Å². The number of amidine groups is 1. The smallest absolute Gasteiger partial charge is 0.416 e. The number of carbonyl (C=O) groups is 1. The molecule has 1 aliphatic rings. The summed E-state index contributed by atoms with van der Waals surface area (Å²) in [6.07, 6.45) is -3.01. The summed E-state index contributed by atoms with van der Waals surface area (Å²) in [5.74, 6) is 0. The maximum absolute atomic E-state index is 12.2.